The predicted octanol–water partition coefficient (Wildman–Crippen LogP) is 2.10. The maximum absolute atomic E-state index is 12.1. The highest BCUT2D eigenvalue weighted by atomic mass is 31.3. The van der Waals surface area contributed by atoms with Gasteiger partial charge in [-0.25, -0.2) is 13.9 Å². The fourth-order valence-electron chi connectivity index (χ4n) is 3.08. The second-order valence-corrected chi connectivity index (χ2v) is 10.9. The normalized spacial score (nSPS) is 32.7. The maximum atomic E-state index is 12.1. The Morgan fingerprint density at radius 3 is 2.46 bits per heavy atom. The number of phosphoric ester groups is 2. The Balaban J connectivity index is 1.91. The molecule has 1 heterocycles. The average molecular weight is 442 g/mol. The van der Waals surface area contributed by atoms with Gasteiger partial charge in [0.15, 0.2) is 0 Å². The maximum Gasteiger partial charge on any atom is 0.481 e. The molecule has 0 saturated heterocycles. The van der Waals surface area contributed by atoms with Gasteiger partial charge in [0.05, 0.1) is 18.3 Å². The number of rotatable bonds is 7. The number of aliphatic hydroxyl groups is 1. The molecule has 11 nitrogen and oxygen atoms in total. The third kappa shape index (κ3) is 6.93. The van der Waals surface area contributed by atoms with Crippen LogP contribution in [0, 0.1) is 5.92 Å². The third-order valence-corrected chi connectivity index (χ3v) is 7.10. The Kier molecular flexibility index (Phi) is 7.17. The summed E-state index contributed by atoms with van der Waals surface area (Å²) in [7, 11) is -9.74. The number of nitrogens with one attached hydrogen (secondary N) is 1. The monoisotopic (exact) mass is 442 g/mol. The minimum absolute atomic E-state index is 0.0869. The Hall–Kier alpha value is -0.770. The van der Waals surface area contributed by atoms with E-state index in [9.17, 15) is 28.8 Å². The third-order valence-electron chi connectivity index (χ3n) is 4.19. The van der Waals surface area contributed by atoms with Crippen molar-refractivity contribution >= 4 is 21.7 Å². The summed E-state index contributed by atoms with van der Waals surface area (Å²) < 4.78 is 37.6. The molecule has 0 aromatic rings. The highest BCUT2D eigenvalue weighted by Crippen LogP contribution is 2.62. The zero-order valence-electron chi connectivity index (χ0n) is 16.2. The van der Waals surface area contributed by atoms with E-state index in [1.54, 1.807) is 12.3 Å². The van der Waals surface area contributed by atoms with Gasteiger partial charge in [0.25, 0.3) is 0 Å². The molecule has 2 amide bonds. The Morgan fingerprint density at radius 1 is 1.25 bits per heavy atom. The Labute approximate surface area is 163 Å². The summed E-state index contributed by atoms with van der Waals surface area (Å²) in [6.45, 7) is 5.86. The number of urea groups is 1. The van der Waals surface area contributed by atoms with Gasteiger partial charge in [-0.3, -0.25) is 13.9 Å². The number of carbonyl (C=O) groups excluding carboxylic acids is 1. The molecule has 13 heteroatoms. The first-order valence-electron chi connectivity index (χ1n) is 8.85. The smallest absolute Gasteiger partial charge is 0.393 e. The first-order chi connectivity index (χ1) is 12.7. The minimum atomic E-state index is -4.91. The molecule has 1 saturated carbocycles. The second kappa shape index (κ2) is 8.53. The van der Waals surface area contributed by atoms with Gasteiger partial charge in [-0.15, -0.1) is 0 Å². The van der Waals surface area contributed by atoms with Crippen molar-refractivity contribution in [1.82, 2.24) is 10.2 Å². The van der Waals surface area contributed by atoms with Crippen LogP contribution in [0.2, 0.25) is 0 Å². The molecule has 0 spiro atoms. The first-order valence-corrected chi connectivity index (χ1v) is 11.8. The molecular weight excluding hydrogens is 414 g/mol. The fourth-order valence-corrected chi connectivity index (χ4v) is 5.52. The van der Waals surface area contributed by atoms with Crippen LogP contribution in [0.5, 0.6) is 0 Å². The molecule has 0 aromatic carbocycles. The lowest BCUT2D eigenvalue weighted by atomic mass is 10.1. The van der Waals surface area contributed by atoms with Crippen LogP contribution in [0.25, 0.3) is 0 Å². The number of carbonyl (C=O) groups is 1. The SMILES string of the molecule is CC1C=CN(C2CC(O)C(COP(=O)(O)OP(=O)(O)OC(C)(C)C)C2)C(=O)N1. The van der Waals surface area contributed by atoms with E-state index < -0.39 is 39.9 Å². The molecule has 1 fully saturated rings. The van der Waals surface area contributed by atoms with E-state index in [1.807, 2.05) is 6.92 Å². The molecule has 2 rings (SSSR count). The molecule has 162 valence electrons. The molecule has 4 N–H and O–H groups in total. The molecule has 1 aliphatic heterocycles. The number of nitrogens with zero attached hydrogens (tertiary/aromatic N) is 1. The standard InChI is InChI=1S/C15H28N2O9P2/c1-10-5-6-17(14(19)16-10)12-7-11(13(18)8-12)9-24-27(20,21)26-28(22,23)25-15(2,3)4/h5-6,10-13,18H,7-9H2,1-4H3,(H,16,19)(H,20,21)(H,22,23). The number of hydrogen-bond acceptors (Lipinski definition) is 7. The summed E-state index contributed by atoms with van der Waals surface area (Å²) >= 11 is 0. The number of hydrogen-bond donors (Lipinski definition) is 4. The van der Waals surface area contributed by atoms with E-state index in [-0.39, 0.29) is 24.5 Å². The molecule has 0 aromatic heterocycles. The largest absolute Gasteiger partial charge is 0.481 e. The van der Waals surface area contributed by atoms with Crippen molar-refractivity contribution in [2.75, 3.05) is 6.61 Å². The molecule has 1 aliphatic carbocycles. The molecule has 2 aliphatic rings. The predicted molar refractivity (Wildman–Crippen MR) is 99.0 cm³/mol. The summed E-state index contributed by atoms with van der Waals surface area (Å²) in [5.74, 6) is -0.559. The highest BCUT2D eigenvalue weighted by molar-refractivity contribution is 7.61. The Morgan fingerprint density at radius 2 is 1.89 bits per heavy atom. The molecule has 6 atom stereocenters. The van der Waals surface area contributed by atoms with E-state index in [0.717, 1.165) is 0 Å². The van der Waals surface area contributed by atoms with Crippen molar-refractivity contribution in [3.05, 3.63) is 12.3 Å². The van der Waals surface area contributed by atoms with Crippen LogP contribution in [-0.4, -0.2) is 56.2 Å². The lowest BCUT2D eigenvalue weighted by molar-refractivity contribution is 0.0639. The van der Waals surface area contributed by atoms with Gasteiger partial charge < -0.3 is 20.2 Å². The molecule has 28 heavy (non-hydrogen) atoms. The van der Waals surface area contributed by atoms with Crippen LogP contribution in [0.1, 0.15) is 40.5 Å². The van der Waals surface area contributed by atoms with Crippen LogP contribution in [0.3, 0.4) is 0 Å². The summed E-state index contributed by atoms with van der Waals surface area (Å²) in [6.07, 6.45) is 3.17. The van der Waals surface area contributed by atoms with Crippen molar-refractivity contribution in [2.45, 2.75) is 64.3 Å². The van der Waals surface area contributed by atoms with Gasteiger partial charge in [0.1, 0.15) is 0 Å². The lowest BCUT2D eigenvalue weighted by Gasteiger charge is -2.30. The van der Waals surface area contributed by atoms with E-state index >= 15 is 0 Å². The van der Waals surface area contributed by atoms with Gasteiger partial charge in [0, 0.05) is 24.2 Å². The number of amides is 2. The summed E-state index contributed by atoms with van der Waals surface area (Å²) in [5, 5.41) is 13.0. The van der Waals surface area contributed by atoms with Crippen molar-refractivity contribution in [3.63, 3.8) is 0 Å². The van der Waals surface area contributed by atoms with Gasteiger partial charge in [0.2, 0.25) is 0 Å². The summed E-state index contributed by atoms with van der Waals surface area (Å²) in [5.41, 5.74) is -1.08. The molecule has 0 radical (unpaired) electrons. The summed E-state index contributed by atoms with van der Waals surface area (Å²) in [4.78, 5) is 32.8. The average Bonchev–Trinajstić information content (AvgIpc) is 2.82. The van der Waals surface area contributed by atoms with E-state index in [4.69, 9.17) is 9.05 Å². The van der Waals surface area contributed by atoms with E-state index in [0.29, 0.717) is 6.42 Å². The van der Waals surface area contributed by atoms with Gasteiger partial charge in [-0.2, -0.15) is 4.31 Å². The zero-order chi connectivity index (χ0) is 21.3. The van der Waals surface area contributed by atoms with E-state index in [1.165, 1.54) is 25.7 Å². The first kappa shape index (κ1) is 23.5. The van der Waals surface area contributed by atoms with Crippen LogP contribution in [0.15, 0.2) is 12.3 Å². The molecule has 0 bridgehead atoms. The quantitative estimate of drug-likeness (QED) is 0.434. The Bertz CT molecular complexity index is 708. The van der Waals surface area contributed by atoms with Gasteiger partial charge in [-0.05, 0) is 46.6 Å². The van der Waals surface area contributed by atoms with E-state index in [2.05, 4.69) is 9.63 Å². The van der Waals surface area contributed by atoms with Crippen LogP contribution in [0.4, 0.5) is 4.79 Å². The summed E-state index contributed by atoms with van der Waals surface area (Å²) in [6, 6.07) is -0.680. The van der Waals surface area contributed by atoms with Crippen molar-refractivity contribution in [3.8, 4) is 0 Å². The van der Waals surface area contributed by atoms with Gasteiger partial charge >= 0.3 is 21.7 Å². The molecular formula is C15H28N2O9P2. The lowest BCUT2D eigenvalue weighted by Crippen LogP contribution is -2.48. The minimum Gasteiger partial charge on any atom is -0.393 e. The second-order valence-electron chi connectivity index (χ2n) is 7.96. The molecule has 6 unspecified atom stereocenters. The van der Waals surface area contributed by atoms with Crippen LogP contribution in [-0.2, 0) is 22.5 Å². The van der Waals surface area contributed by atoms with Crippen LogP contribution >= 0.6 is 15.6 Å². The van der Waals surface area contributed by atoms with Crippen LogP contribution < -0.4 is 5.32 Å². The van der Waals surface area contributed by atoms with Crippen molar-refractivity contribution in [2.24, 2.45) is 5.92 Å². The zero-order valence-corrected chi connectivity index (χ0v) is 18.0. The number of phosphoric acid groups is 2. The highest BCUT2D eigenvalue weighted by Gasteiger charge is 2.42. The van der Waals surface area contributed by atoms with Crippen molar-refractivity contribution in [1.29, 1.82) is 0 Å². The van der Waals surface area contributed by atoms with Gasteiger partial charge in [-0.1, -0.05) is 0 Å². The van der Waals surface area contributed by atoms with Crippen molar-refractivity contribution < 1.29 is 42.2 Å². The topological polar surface area (TPSA) is 155 Å². The number of aliphatic hydroxyl groups excluding tert-OH is 1. The fraction of sp³-hybridized carbons (Fsp3) is 0.800.